The van der Waals surface area contributed by atoms with E-state index in [2.05, 4.69) is 31.9 Å². The lowest BCUT2D eigenvalue weighted by atomic mass is 10.1. The van der Waals surface area contributed by atoms with Crippen LogP contribution in [0, 0.1) is 0 Å². The van der Waals surface area contributed by atoms with Crippen molar-refractivity contribution in [2.24, 2.45) is 5.73 Å². The second-order valence-electron chi connectivity index (χ2n) is 4.60. The van der Waals surface area contributed by atoms with Crippen molar-refractivity contribution in [2.45, 2.75) is 32.2 Å². The number of hydrogen-bond acceptors (Lipinski definition) is 3. The van der Waals surface area contributed by atoms with E-state index in [1.807, 2.05) is 0 Å². The number of thiophene rings is 1. The van der Waals surface area contributed by atoms with Gasteiger partial charge < -0.3 is 10.3 Å². The van der Waals surface area contributed by atoms with E-state index in [-0.39, 0.29) is 0 Å². The lowest BCUT2D eigenvalue weighted by Gasteiger charge is -2.17. The zero-order chi connectivity index (χ0) is 12.5. The molecular weight excluding hydrogens is 310 g/mol. The minimum absolute atomic E-state index is 0.671. The monoisotopic (exact) mass is 325 g/mol. The van der Waals surface area contributed by atoms with Gasteiger partial charge in [-0.05, 0) is 47.8 Å². The van der Waals surface area contributed by atoms with Gasteiger partial charge in [0.1, 0.15) is 11.5 Å². The third-order valence-electron chi connectivity index (χ3n) is 3.37. The van der Waals surface area contributed by atoms with E-state index in [4.69, 9.17) is 10.7 Å². The molecule has 3 rings (SSSR count). The molecule has 0 saturated heterocycles. The van der Waals surface area contributed by atoms with Crippen molar-refractivity contribution in [3.05, 3.63) is 27.4 Å². The Hall–Kier alpha value is -0.650. The summed E-state index contributed by atoms with van der Waals surface area (Å²) >= 11 is 5.27. The van der Waals surface area contributed by atoms with Gasteiger partial charge in [0.25, 0.3) is 0 Å². The molecule has 96 valence electrons. The summed E-state index contributed by atoms with van der Waals surface area (Å²) in [5.74, 6) is 1.16. The number of fused-ring (bicyclic) bond motifs is 1. The summed E-state index contributed by atoms with van der Waals surface area (Å²) in [6, 6.07) is 2.16. The minimum atomic E-state index is 0.671. The highest BCUT2D eigenvalue weighted by Gasteiger charge is 2.21. The number of aromatic nitrogens is 2. The standard InChI is InChI=1S/C13H16BrN3S/c14-9-7-11(18-8-9)13-10-3-1-2-6-17(10)12(16-13)4-5-15/h7-8H,1-6,15H2. The van der Waals surface area contributed by atoms with Crippen molar-refractivity contribution in [1.29, 1.82) is 0 Å². The highest BCUT2D eigenvalue weighted by molar-refractivity contribution is 9.10. The van der Waals surface area contributed by atoms with Crippen LogP contribution in [0.2, 0.25) is 0 Å². The molecule has 2 aromatic rings. The van der Waals surface area contributed by atoms with E-state index in [1.165, 1.54) is 29.1 Å². The fourth-order valence-electron chi connectivity index (χ4n) is 2.57. The first-order valence-corrected chi connectivity index (χ1v) is 7.99. The Balaban J connectivity index is 2.08. The normalized spacial score (nSPS) is 14.8. The van der Waals surface area contributed by atoms with E-state index in [0.717, 1.165) is 29.7 Å². The third kappa shape index (κ3) is 2.15. The molecule has 0 aliphatic carbocycles. The van der Waals surface area contributed by atoms with E-state index in [1.54, 1.807) is 11.3 Å². The maximum Gasteiger partial charge on any atom is 0.110 e. The Morgan fingerprint density at radius 2 is 2.33 bits per heavy atom. The van der Waals surface area contributed by atoms with Gasteiger partial charge in [0.05, 0.1) is 4.88 Å². The molecule has 0 saturated carbocycles. The summed E-state index contributed by atoms with van der Waals surface area (Å²) in [5.41, 5.74) is 8.26. The van der Waals surface area contributed by atoms with E-state index < -0.39 is 0 Å². The van der Waals surface area contributed by atoms with Crippen LogP contribution in [0.15, 0.2) is 15.9 Å². The highest BCUT2D eigenvalue weighted by atomic mass is 79.9. The first-order chi connectivity index (χ1) is 8.79. The first-order valence-electron chi connectivity index (χ1n) is 6.32. The van der Waals surface area contributed by atoms with Crippen LogP contribution in [0.1, 0.15) is 24.4 Å². The van der Waals surface area contributed by atoms with Crippen molar-refractivity contribution >= 4 is 27.3 Å². The molecule has 2 N–H and O–H groups in total. The molecule has 3 heterocycles. The Kier molecular flexibility index (Phi) is 3.54. The number of nitrogens with zero attached hydrogens (tertiary/aromatic N) is 2. The average molecular weight is 326 g/mol. The van der Waals surface area contributed by atoms with Crippen LogP contribution >= 0.6 is 27.3 Å². The molecule has 18 heavy (non-hydrogen) atoms. The maximum atomic E-state index is 5.69. The smallest absolute Gasteiger partial charge is 0.110 e. The molecule has 0 radical (unpaired) electrons. The second-order valence-corrected chi connectivity index (χ2v) is 6.43. The van der Waals surface area contributed by atoms with Crippen LogP contribution in [0.5, 0.6) is 0 Å². The Labute approximate surface area is 119 Å². The molecule has 0 spiro atoms. The molecule has 0 atom stereocenters. The van der Waals surface area contributed by atoms with Crippen LogP contribution in [0.3, 0.4) is 0 Å². The summed E-state index contributed by atoms with van der Waals surface area (Å²) in [6.45, 7) is 1.77. The molecule has 1 aliphatic rings. The molecule has 3 nitrogen and oxygen atoms in total. The zero-order valence-electron chi connectivity index (χ0n) is 10.2. The third-order valence-corrected chi connectivity index (χ3v) is 5.06. The van der Waals surface area contributed by atoms with Crippen molar-refractivity contribution in [3.8, 4) is 10.6 Å². The van der Waals surface area contributed by atoms with Gasteiger partial charge in [-0.1, -0.05) is 0 Å². The minimum Gasteiger partial charge on any atom is -0.331 e. The van der Waals surface area contributed by atoms with E-state index in [9.17, 15) is 0 Å². The number of nitrogens with two attached hydrogens (primary N) is 1. The summed E-state index contributed by atoms with van der Waals surface area (Å²) in [6.07, 6.45) is 4.55. The Bertz CT molecular complexity index is 559. The summed E-state index contributed by atoms with van der Waals surface area (Å²) in [5, 5.41) is 2.12. The SMILES string of the molecule is NCCc1nc(-c2cc(Br)cs2)c2n1CCCC2. The van der Waals surface area contributed by atoms with Gasteiger partial charge in [-0.25, -0.2) is 4.98 Å². The second kappa shape index (κ2) is 5.15. The molecule has 0 aromatic carbocycles. The van der Waals surface area contributed by atoms with Crippen molar-refractivity contribution in [3.63, 3.8) is 0 Å². The van der Waals surface area contributed by atoms with Gasteiger partial charge in [-0.15, -0.1) is 11.3 Å². The van der Waals surface area contributed by atoms with Crippen LogP contribution in [0.25, 0.3) is 10.6 Å². The topological polar surface area (TPSA) is 43.8 Å². The Morgan fingerprint density at radius 3 is 3.06 bits per heavy atom. The molecule has 0 bridgehead atoms. The van der Waals surface area contributed by atoms with E-state index >= 15 is 0 Å². The first kappa shape index (κ1) is 12.4. The van der Waals surface area contributed by atoms with Crippen molar-refractivity contribution in [2.75, 3.05) is 6.54 Å². The lowest BCUT2D eigenvalue weighted by molar-refractivity contribution is 0.515. The van der Waals surface area contributed by atoms with Gasteiger partial charge in [0, 0.05) is 28.5 Å². The predicted octanol–water partition coefficient (Wildman–Crippen LogP) is 3.21. The van der Waals surface area contributed by atoms with E-state index in [0.29, 0.717) is 6.54 Å². The summed E-state index contributed by atoms with van der Waals surface area (Å²) in [4.78, 5) is 6.10. The number of imidazole rings is 1. The van der Waals surface area contributed by atoms with Crippen molar-refractivity contribution in [1.82, 2.24) is 9.55 Å². The van der Waals surface area contributed by atoms with Gasteiger partial charge in [-0.3, -0.25) is 0 Å². The predicted molar refractivity (Wildman–Crippen MR) is 78.9 cm³/mol. The number of halogens is 1. The van der Waals surface area contributed by atoms with Gasteiger partial charge in [0.15, 0.2) is 0 Å². The molecule has 0 unspecified atom stereocenters. The molecule has 0 fully saturated rings. The quantitative estimate of drug-likeness (QED) is 0.941. The lowest BCUT2D eigenvalue weighted by Crippen LogP contribution is -2.15. The molecule has 0 amide bonds. The average Bonchev–Trinajstić information content (AvgIpc) is 2.95. The van der Waals surface area contributed by atoms with Gasteiger partial charge >= 0.3 is 0 Å². The molecule has 5 heteroatoms. The molecular formula is C13H16BrN3S. The fraction of sp³-hybridized carbons (Fsp3) is 0.462. The molecule has 2 aromatic heterocycles. The summed E-state index contributed by atoms with van der Waals surface area (Å²) in [7, 11) is 0. The highest BCUT2D eigenvalue weighted by Crippen LogP contribution is 2.34. The number of hydrogen-bond donors (Lipinski definition) is 1. The summed E-state index contributed by atoms with van der Waals surface area (Å²) < 4.78 is 3.53. The van der Waals surface area contributed by atoms with Crippen LogP contribution < -0.4 is 5.73 Å². The number of rotatable bonds is 3. The largest absolute Gasteiger partial charge is 0.331 e. The van der Waals surface area contributed by atoms with Crippen LogP contribution in [-0.4, -0.2) is 16.1 Å². The zero-order valence-corrected chi connectivity index (χ0v) is 12.6. The molecule has 1 aliphatic heterocycles. The van der Waals surface area contributed by atoms with Crippen LogP contribution in [-0.2, 0) is 19.4 Å². The van der Waals surface area contributed by atoms with Crippen LogP contribution in [0.4, 0.5) is 0 Å². The Morgan fingerprint density at radius 1 is 1.44 bits per heavy atom. The van der Waals surface area contributed by atoms with Crippen molar-refractivity contribution < 1.29 is 0 Å². The van der Waals surface area contributed by atoms with Gasteiger partial charge in [0.2, 0.25) is 0 Å². The maximum absolute atomic E-state index is 5.69. The fourth-order valence-corrected chi connectivity index (χ4v) is 4.01. The van der Waals surface area contributed by atoms with Gasteiger partial charge in [-0.2, -0.15) is 0 Å².